The summed E-state index contributed by atoms with van der Waals surface area (Å²) in [5.74, 6) is -6.60. The van der Waals surface area contributed by atoms with E-state index in [1.807, 2.05) is 0 Å². The maximum absolute atomic E-state index is 14.4. The zero-order chi connectivity index (χ0) is 70.0. The molecule has 4 aromatic carbocycles. The maximum atomic E-state index is 14.4. The molecule has 0 fully saturated rings. The molecule has 0 saturated carbocycles. The van der Waals surface area contributed by atoms with Crippen LogP contribution in [0.4, 0.5) is 22.7 Å². The number of amides is 9. The highest BCUT2D eigenvalue weighted by Gasteiger charge is 2.29. The van der Waals surface area contributed by atoms with Gasteiger partial charge in [0.05, 0.1) is 50.7 Å². The zero-order valence-electron chi connectivity index (χ0n) is 54.0. The van der Waals surface area contributed by atoms with Crippen molar-refractivity contribution in [3.8, 4) is 23.0 Å². The number of unbranched alkanes of at least 4 members (excludes halogenated alkanes) is 3. The first kappa shape index (κ1) is 76.5. The van der Waals surface area contributed by atoms with Crippen LogP contribution in [0.3, 0.4) is 0 Å². The summed E-state index contributed by atoms with van der Waals surface area (Å²) >= 11 is 0. The van der Waals surface area contributed by atoms with Crippen molar-refractivity contribution in [3.05, 3.63) is 95.1 Å². The topological polar surface area (TPSA) is 537 Å². The van der Waals surface area contributed by atoms with Gasteiger partial charge in [-0.15, -0.1) is 0 Å². The molecule has 9 amide bonds. The third kappa shape index (κ3) is 25.9. The molecule has 0 aliphatic rings. The van der Waals surface area contributed by atoms with Gasteiger partial charge < -0.3 is 111 Å². The van der Waals surface area contributed by atoms with E-state index in [2.05, 4.69) is 63.8 Å². The average molecular weight is 1320 g/mol. The molecule has 0 aliphatic heterocycles. The van der Waals surface area contributed by atoms with Crippen LogP contribution >= 0.6 is 0 Å². The van der Waals surface area contributed by atoms with Crippen molar-refractivity contribution in [2.24, 2.45) is 28.7 Å². The molecule has 33 nitrogen and oxygen atoms in total. The Bertz CT molecular complexity index is 3350. The molecule has 0 aliphatic carbocycles. The monoisotopic (exact) mass is 1320 g/mol. The Morgan fingerprint density at radius 3 is 1.01 bits per heavy atom. The number of hydrogen-bond donors (Lipinski definition) is 20. The lowest BCUT2D eigenvalue weighted by Crippen LogP contribution is -2.45. The van der Waals surface area contributed by atoms with Gasteiger partial charge in [0.25, 0.3) is 23.6 Å². The first-order valence-electron chi connectivity index (χ1n) is 30.6. The van der Waals surface area contributed by atoms with Crippen molar-refractivity contribution in [2.75, 3.05) is 89.0 Å². The van der Waals surface area contributed by atoms with Crippen LogP contribution in [0, 0.1) is 16.2 Å². The summed E-state index contributed by atoms with van der Waals surface area (Å²) < 4.78 is 21.9. The molecule has 0 spiro atoms. The number of anilines is 4. The van der Waals surface area contributed by atoms with Gasteiger partial charge in [-0.1, -0.05) is 12.8 Å². The summed E-state index contributed by atoms with van der Waals surface area (Å²) in [5, 5.41) is 55.1. The number of ether oxygens (including phenoxy) is 4. The van der Waals surface area contributed by atoms with Gasteiger partial charge >= 0.3 is 0 Å². The Morgan fingerprint density at radius 1 is 0.389 bits per heavy atom. The van der Waals surface area contributed by atoms with Gasteiger partial charge in [0.15, 0.2) is 17.9 Å². The normalized spacial score (nSPS) is 11.9. The molecule has 95 heavy (non-hydrogen) atoms. The fourth-order valence-electron chi connectivity index (χ4n) is 9.34. The van der Waals surface area contributed by atoms with Crippen LogP contribution in [0.25, 0.3) is 0 Å². The Balaban J connectivity index is 1.59. The van der Waals surface area contributed by atoms with E-state index in [9.17, 15) is 43.2 Å². The van der Waals surface area contributed by atoms with E-state index in [4.69, 9.17) is 63.8 Å². The SMILES string of the molecule is COc1ccc(NC(=O)[C@@H](CCCNC(=N)N)NC(=O)c2cc(NC(=O)[C@@H](CCCNC(=N)N)NC(=O)c3cc(NC(=O)[C@@H](CCCNC(=N)N)NC(=O)c4cc(NC(=O)[C@@H](C)NC(=O)CCCCCCN)ccc4OC)ccc3OC)ccc2OC)cc1C(=O)NCCN. The molecule has 0 saturated heterocycles. The van der Waals surface area contributed by atoms with Crippen LogP contribution in [-0.2, 0) is 24.0 Å². The maximum Gasteiger partial charge on any atom is 0.255 e. The quantitative estimate of drug-likeness (QED) is 0.0166. The van der Waals surface area contributed by atoms with Gasteiger partial charge in [-0.3, -0.25) is 59.4 Å². The number of methoxy groups -OCH3 is 4. The summed E-state index contributed by atoms with van der Waals surface area (Å²) in [6, 6.07) is 12.1. The molecule has 0 heterocycles. The van der Waals surface area contributed by atoms with E-state index >= 15 is 0 Å². The highest BCUT2D eigenvalue weighted by atomic mass is 16.5. The first-order valence-corrected chi connectivity index (χ1v) is 30.6. The largest absolute Gasteiger partial charge is 0.496 e. The van der Waals surface area contributed by atoms with Crippen LogP contribution in [0.15, 0.2) is 72.8 Å². The fourth-order valence-corrected chi connectivity index (χ4v) is 9.34. The van der Waals surface area contributed by atoms with Crippen molar-refractivity contribution in [2.45, 2.75) is 102 Å². The van der Waals surface area contributed by atoms with Crippen molar-refractivity contribution in [3.63, 3.8) is 0 Å². The second-order valence-electron chi connectivity index (χ2n) is 21.4. The van der Waals surface area contributed by atoms with Crippen LogP contribution < -0.4 is 111 Å². The number of hydrogen-bond acceptors (Lipinski definition) is 18. The Hall–Kier alpha value is -11.0. The van der Waals surface area contributed by atoms with Crippen LogP contribution in [0.5, 0.6) is 23.0 Å². The summed E-state index contributed by atoms with van der Waals surface area (Å²) in [5.41, 5.74) is 27.9. The van der Waals surface area contributed by atoms with Gasteiger partial charge in [0.1, 0.15) is 47.2 Å². The molecule has 0 radical (unpaired) electrons. The van der Waals surface area contributed by atoms with E-state index < -0.39 is 71.4 Å². The number of nitrogens with two attached hydrogens (primary N) is 5. The lowest BCUT2D eigenvalue weighted by Gasteiger charge is -2.22. The number of nitrogens with one attached hydrogen (secondary N) is 15. The molecule has 33 heteroatoms. The summed E-state index contributed by atoms with van der Waals surface area (Å²) in [6.07, 6.45) is 4.03. The van der Waals surface area contributed by atoms with Crippen molar-refractivity contribution in [1.82, 2.24) is 42.5 Å². The fraction of sp³-hybridized carbons (Fsp3) is 0.419. The minimum absolute atomic E-state index is 0.00918. The smallest absolute Gasteiger partial charge is 0.255 e. The number of guanidine groups is 3. The van der Waals surface area contributed by atoms with E-state index in [0.29, 0.717) is 13.0 Å². The number of carbonyl (C=O) groups excluding carboxylic acids is 9. The van der Waals surface area contributed by atoms with Crippen molar-refractivity contribution in [1.29, 1.82) is 16.2 Å². The molecule has 0 aromatic heterocycles. The van der Waals surface area contributed by atoms with Gasteiger partial charge in [-0.2, -0.15) is 0 Å². The highest BCUT2D eigenvalue weighted by molar-refractivity contribution is 6.08. The average Bonchev–Trinajstić information content (AvgIpc) is 0.954. The molecular weight excluding hydrogens is 1230 g/mol. The summed E-state index contributed by atoms with van der Waals surface area (Å²) in [6.45, 7) is 2.86. The van der Waals surface area contributed by atoms with Crippen LogP contribution in [-0.4, -0.2) is 163 Å². The molecule has 4 atom stereocenters. The van der Waals surface area contributed by atoms with Crippen LogP contribution in [0.1, 0.15) is 119 Å². The molecular formula is C62H90N20O13. The zero-order valence-corrected chi connectivity index (χ0v) is 54.0. The Kier molecular flexibility index (Phi) is 32.3. The Labute approximate surface area is 550 Å². The van der Waals surface area contributed by atoms with Gasteiger partial charge in [-0.25, -0.2) is 0 Å². The van der Waals surface area contributed by atoms with E-state index in [-0.39, 0.29) is 169 Å². The standard InChI is InChI=1S/C62H90N20O13/c1-35(75-51(83)16-8-6-7-9-25-63)52(84)76-36-17-22-48(93-3)41(32-36)54(86)80-45(14-11-28-73-61(67)68)58(90)78-38-19-24-50(95-5)43(34-38)56(88)82-46(15-12-29-74-62(69)70)59(91)79-39-20-23-49(94-4)42(33-39)55(87)81-44(13-10-27-72-60(65)66)57(89)77-37-18-21-47(92-2)40(31-37)53(85)71-30-26-64/h17-24,31-35,44-46H,6-16,25-30,63-64H2,1-5H3,(H,71,85)(H,75,83)(H,76,84)(H,77,89)(H,78,90)(H,79,91)(H,80,86)(H,81,87)(H,82,88)(H4,65,66,72)(H4,67,68,73)(H4,69,70,74)/t35-,44-,45-,46-/m1/s1. The predicted octanol–water partition coefficient (Wildman–Crippen LogP) is 0.763. The molecule has 4 aromatic rings. The van der Waals surface area contributed by atoms with Crippen LogP contribution in [0.2, 0.25) is 0 Å². The van der Waals surface area contributed by atoms with Gasteiger partial charge in [0, 0.05) is 61.9 Å². The Morgan fingerprint density at radius 2 is 0.705 bits per heavy atom. The summed E-state index contributed by atoms with van der Waals surface area (Å²) in [7, 11) is 5.31. The third-order valence-corrected chi connectivity index (χ3v) is 14.2. The second-order valence-corrected chi connectivity index (χ2v) is 21.4. The number of benzene rings is 4. The number of rotatable bonds is 40. The predicted molar refractivity (Wildman–Crippen MR) is 359 cm³/mol. The second kappa shape index (κ2) is 40.1. The van der Waals surface area contributed by atoms with Crippen molar-refractivity contribution >= 4 is 93.8 Å². The van der Waals surface area contributed by atoms with E-state index in [1.54, 1.807) is 0 Å². The minimum atomic E-state index is -1.33. The lowest BCUT2D eigenvalue weighted by atomic mass is 10.1. The minimum Gasteiger partial charge on any atom is -0.496 e. The third-order valence-electron chi connectivity index (χ3n) is 14.2. The highest BCUT2D eigenvalue weighted by Crippen LogP contribution is 2.28. The van der Waals surface area contributed by atoms with Gasteiger partial charge in [-0.05, 0) is 138 Å². The van der Waals surface area contributed by atoms with E-state index in [0.717, 1.165) is 19.3 Å². The van der Waals surface area contributed by atoms with E-state index in [1.165, 1.54) is 108 Å². The molecule has 25 N–H and O–H groups in total. The lowest BCUT2D eigenvalue weighted by molar-refractivity contribution is -0.126. The first-order chi connectivity index (χ1) is 45.4. The summed E-state index contributed by atoms with van der Waals surface area (Å²) in [4.78, 5) is 124. The number of carbonyl (C=O) groups is 9. The molecule has 0 unspecified atom stereocenters. The molecule has 516 valence electrons. The molecule has 0 bridgehead atoms. The molecule has 4 rings (SSSR count). The van der Waals surface area contributed by atoms with Gasteiger partial charge in [0.2, 0.25) is 29.5 Å². The van der Waals surface area contributed by atoms with Crippen molar-refractivity contribution < 1.29 is 62.1 Å².